The minimum Gasteiger partial charge on any atom is -0.460 e. The molecule has 1 heterocycles. The van der Waals surface area contributed by atoms with Gasteiger partial charge in [0.25, 0.3) is 0 Å². The topological polar surface area (TPSA) is 37.5 Å². The van der Waals surface area contributed by atoms with Gasteiger partial charge in [0.1, 0.15) is 17.5 Å². The predicted octanol–water partition coefficient (Wildman–Crippen LogP) is 11.4. The third-order valence-corrected chi connectivity index (χ3v) is 9.46. The molecule has 0 spiro atoms. The minimum atomic E-state index is -0.415. The van der Waals surface area contributed by atoms with Crippen LogP contribution in [0.4, 0.5) is 0 Å². The van der Waals surface area contributed by atoms with Gasteiger partial charge < -0.3 is 9.73 Å². The summed E-state index contributed by atoms with van der Waals surface area (Å²) in [7, 11) is 0. The fourth-order valence-corrected chi connectivity index (χ4v) is 6.84. The molecule has 1 aromatic heterocycles. The quantitative estimate of drug-likeness (QED) is 0.122. The van der Waals surface area contributed by atoms with E-state index in [-0.39, 0.29) is 5.92 Å². The van der Waals surface area contributed by atoms with E-state index in [1.165, 1.54) is 22.3 Å². The molecule has 2 unspecified atom stereocenters. The highest BCUT2D eigenvalue weighted by Crippen LogP contribution is 2.43. The number of allylic oxidation sites excluding steroid dienone is 9. The molecule has 3 nitrogen and oxygen atoms in total. The van der Waals surface area contributed by atoms with Crippen molar-refractivity contribution in [2.45, 2.75) is 39.3 Å². The number of benzene rings is 4. The van der Waals surface area contributed by atoms with Gasteiger partial charge in [-0.3, -0.25) is 4.99 Å². The molecule has 0 saturated carbocycles. The van der Waals surface area contributed by atoms with E-state index in [1.54, 1.807) is 0 Å². The van der Waals surface area contributed by atoms with Gasteiger partial charge in [-0.05, 0) is 66.2 Å². The van der Waals surface area contributed by atoms with E-state index < -0.39 is 6.17 Å². The minimum absolute atomic E-state index is 0.0481. The molecule has 0 fully saturated rings. The molecule has 5 aromatic rings. The zero-order chi connectivity index (χ0) is 33.6. The summed E-state index contributed by atoms with van der Waals surface area (Å²) in [6.07, 6.45) is 16.4. The van der Waals surface area contributed by atoms with Crippen molar-refractivity contribution in [3.8, 4) is 0 Å². The number of hydrogen-bond donors (Lipinski definition) is 1. The summed E-state index contributed by atoms with van der Waals surface area (Å²) in [5, 5.41) is 4.85. The first-order valence-electron chi connectivity index (χ1n) is 17.2. The van der Waals surface area contributed by atoms with Crippen LogP contribution in [0.1, 0.15) is 54.7 Å². The second kappa shape index (κ2) is 14.6. The molecule has 0 radical (unpaired) electrons. The van der Waals surface area contributed by atoms with Crippen LogP contribution in [0.15, 0.2) is 179 Å². The molecular formula is C46H42N2O. The molecule has 2 atom stereocenters. The van der Waals surface area contributed by atoms with Crippen molar-refractivity contribution in [1.29, 1.82) is 0 Å². The molecule has 242 valence electrons. The summed E-state index contributed by atoms with van der Waals surface area (Å²) in [5.41, 5.74) is 12.0. The highest BCUT2D eigenvalue weighted by Gasteiger charge is 2.32. The number of para-hydroxylation sites is 1. The number of furan rings is 1. The second-order valence-electron chi connectivity index (χ2n) is 12.8. The standard InChI is InChI=1S/C46H42N2O/c1-32(35-18-8-4-9-19-35)28-29-40(38-24-14-7-15-25-38)39-30-42(45-41-26-16-17-27-43(41)49-44(45)31-39)46(47-33(2)36-20-10-5-11-21-36)48-34(3)37-22-12-6-13-23-37/h5-8,10-30,39,46-47H,2,4,9,31H2,1,3H3/b32-28+,40-29+,48-34?. The normalized spacial score (nSPS) is 17.3. The average Bonchev–Trinajstić information content (AvgIpc) is 3.54. The van der Waals surface area contributed by atoms with Crippen molar-refractivity contribution in [2.24, 2.45) is 10.9 Å². The zero-order valence-corrected chi connectivity index (χ0v) is 28.3. The molecule has 1 N–H and O–H groups in total. The summed E-state index contributed by atoms with van der Waals surface area (Å²) < 4.78 is 6.69. The van der Waals surface area contributed by atoms with Crippen LogP contribution in [0, 0.1) is 5.92 Å². The average molecular weight is 639 g/mol. The number of aliphatic imine (C=N–C) groups is 1. The maximum absolute atomic E-state index is 6.69. The van der Waals surface area contributed by atoms with Crippen LogP contribution < -0.4 is 5.32 Å². The van der Waals surface area contributed by atoms with E-state index >= 15 is 0 Å². The molecule has 49 heavy (non-hydrogen) atoms. The van der Waals surface area contributed by atoms with Crippen molar-refractivity contribution in [3.05, 3.63) is 197 Å². The van der Waals surface area contributed by atoms with Crippen LogP contribution in [0.3, 0.4) is 0 Å². The van der Waals surface area contributed by atoms with Crippen LogP contribution in [0.5, 0.6) is 0 Å². The van der Waals surface area contributed by atoms with Gasteiger partial charge in [0.2, 0.25) is 0 Å². The largest absolute Gasteiger partial charge is 0.460 e. The van der Waals surface area contributed by atoms with Gasteiger partial charge in [0.05, 0.1) is 0 Å². The smallest absolute Gasteiger partial charge is 0.145 e. The van der Waals surface area contributed by atoms with Gasteiger partial charge in [-0.15, -0.1) is 0 Å². The first kappa shape index (κ1) is 31.9. The van der Waals surface area contributed by atoms with Crippen molar-refractivity contribution >= 4 is 33.5 Å². The lowest BCUT2D eigenvalue weighted by atomic mass is 9.80. The Morgan fingerprint density at radius 1 is 0.796 bits per heavy atom. The summed E-state index contributed by atoms with van der Waals surface area (Å²) in [4.78, 5) is 5.41. The van der Waals surface area contributed by atoms with Crippen LogP contribution in [0.25, 0.3) is 27.8 Å². The van der Waals surface area contributed by atoms with E-state index in [1.807, 2.05) is 30.3 Å². The Bertz CT molecular complexity index is 2140. The van der Waals surface area contributed by atoms with Crippen molar-refractivity contribution in [2.75, 3.05) is 0 Å². The predicted molar refractivity (Wildman–Crippen MR) is 207 cm³/mol. The fraction of sp³-hybridized carbons (Fsp3) is 0.152. The highest BCUT2D eigenvalue weighted by molar-refractivity contribution is 6.01. The first-order valence-corrected chi connectivity index (χ1v) is 17.2. The Kier molecular flexibility index (Phi) is 9.52. The van der Waals surface area contributed by atoms with Crippen LogP contribution in [-0.4, -0.2) is 11.9 Å². The van der Waals surface area contributed by atoms with Crippen molar-refractivity contribution in [3.63, 3.8) is 0 Å². The highest BCUT2D eigenvalue weighted by atomic mass is 16.3. The first-order chi connectivity index (χ1) is 24.0. The van der Waals surface area contributed by atoms with Crippen molar-refractivity contribution in [1.82, 2.24) is 5.32 Å². The Morgan fingerprint density at radius 2 is 1.45 bits per heavy atom. The molecule has 2 aliphatic rings. The third kappa shape index (κ3) is 7.12. The molecule has 7 rings (SSSR count). The molecule has 0 bridgehead atoms. The van der Waals surface area contributed by atoms with Crippen molar-refractivity contribution < 1.29 is 4.42 Å². The number of nitrogens with zero attached hydrogens (tertiary/aromatic N) is 1. The van der Waals surface area contributed by atoms with Gasteiger partial charge in [0.15, 0.2) is 0 Å². The second-order valence-corrected chi connectivity index (χ2v) is 12.8. The number of hydrogen-bond acceptors (Lipinski definition) is 3. The van der Waals surface area contributed by atoms with E-state index in [2.05, 4.69) is 147 Å². The fourth-order valence-electron chi connectivity index (χ4n) is 6.84. The van der Waals surface area contributed by atoms with E-state index in [4.69, 9.17) is 9.41 Å². The zero-order valence-electron chi connectivity index (χ0n) is 28.3. The maximum Gasteiger partial charge on any atom is 0.145 e. The Morgan fingerprint density at radius 3 is 2.14 bits per heavy atom. The molecule has 4 aromatic carbocycles. The van der Waals surface area contributed by atoms with Gasteiger partial charge in [-0.1, -0.05) is 152 Å². The van der Waals surface area contributed by atoms with E-state index in [0.717, 1.165) is 69.7 Å². The summed E-state index contributed by atoms with van der Waals surface area (Å²) in [6.45, 7) is 8.77. The van der Waals surface area contributed by atoms with Crippen LogP contribution >= 0.6 is 0 Å². The lowest BCUT2D eigenvalue weighted by molar-refractivity contribution is 0.525. The van der Waals surface area contributed by atoms with Gasteiger partial charge in [-0.2, -0.15) is 0 Å². The van der Waals surface area contributed by atoms with Gasteiger partial charge in [0, 0.05) is 40.3 Å². The Hall–Kier alpha value is -5.67. The SMILES string of the molecule is C=C(NC(N=C(C)c1ccccc1)C1=CC(/C(=C/C=C(\C)C2=CCCC=C2)c2ccccc2)Cc2oc3ccccc3c21)c1ccccc1. The third-order valence-electron chi connectivity index (χ3n) is 9.46. The lowest BCUT2D eigenvalue weighted by Crippen LogP contribution is -2.30. The monoisotopic (exact) mass is 638 g/mol. The van der Waals surface area contributed by atoms with Gasteiger partial charge >= 0.3 is 0 Å². The Labute approximate surface area is 290 Å². The molecule has 2 aliphatic carbocycles. The van der Waals surface area contributed by atoms with Gasteiger partial charge in [-0.25, -0.2) is 0 Å². The molecule has 0 saturated heterocycles. The molecule has 3 heteroatoms. The molecular weight excluding hydrogens is 597 g/mol. The summed E-state index contributed by atoms with van der Waals surface area (Å²) in [5.74, 6) is 1.03. The Balaban J connectivity index is 1.40. The van der Waals surface area contributed by atoms with E-state index in [9.17, 15) is 0 Å². The molecule has 0 amide bonds. The summed E-state index contributed by atoms with van der Waals surface area (Å²) in [6, 6.07) is 39.7. The number of nitrogens with one attached hydrogen (secondary N) is 1. The number of rotatable bonds is 10. The lowest BCUT2D eigenvalue weighted by Gasteiger charge is -2.28. The summed E-state index contributed by atoms with van der Waals surface area (Å²) >= 11 is 0. The van der Waals surface area contributed by atoms with Crippen LogP contribution in [-0.2, 0) is 6.42 Å². The molecule has 0 aliphatic heterocycles. The maximum atomic E-state index is 6.69. The van der Waals surface area contributed by atoms with Crippen LogP contribution in [0.2, 0.25) is 0 Å². The van der Waals surface area contributed by atoms with E-state index in [0.29, 0.717) is 0 Å². The number of fused-ring (bicyclic) bond motifs is 3.